The first-order valence-corrected chi connectivity index (χ1v) is 4.99. The highest BCUT2D eigenvalue weighted by Gasteiger charge is 2.40. The second-order valence-electron chi connectivity index (χ2n) is 3.31. The maximum absolute atomic E-state index is 12.9. The molecule has 0 rings (SSSR count). The summed E-state index contributed by atoms with van der Waals surface area (Å²) < 4.78 is 55.4. The van der Waals surface area contributed by atoms with Gasteiger partial charge in [0.15, 0.2) is 5.57 Å². The molecule has 0 aliphatic rings. The highest BCUT2D eigenvalue weighted by atomic mass is 19.4. The smallest absolute Gasteiger partial charge is 0.424 e. The number of nitrogens with two attached hydrogens (primary N) is 1. The van der Waals surface area contributed by atoms with Crippen LogP contribution in [0.3, 0.4) is 0 Å². The number of aliphatic imine (C=N–C) groups is 1. The van der Waals surface area contributed by atoms with Gasteiger partial charge in [-0.2, -0.15) is 13.2 Å². The molecule has 106 valence electrons. The summed E-state index contributed by atoms with van der Waals surface area (Å²) in [5, 5.41) is 0. The van der Waals surface area contributed by atoms with Gasteiger partial charge in [0.25, 0.3) is 0 Å². The number of allylic oxidation sites excluding steroid dienone is 4. The minimum atomic E-state index is -4.97. The molecular weight excluding hydrogens is 264 g/mol. The molecule has 0 aromatic heterocycles. The number of nitrogens with zero attached hydrogens (tertiary/aromatic N) is 1. The van der Waals surface area contributed by atoms with Crippen LogP contribution >= 0.6 is 0 Å². The maximum atomic E-state index is 12.9. The Labute approximate surface area is 108 Å². The van der Waals surface area contributed by atoms with E-state index in [0.29, 0.717) is 5.57 Å². The molecule has 0 fully saturated rings. The van der Waals surface area contributed by atoms with E-state index >= 15 is 0 Å². The molecule has 0 saturated heterocycles. The summed E-state index contributed by atoms with van der Waals surface area (Å²) in [5.41, 5.74) is 3.95. The predicted octanol–water partition coefficient (Wildman–Crippen LogP) is 3.38. The number of methoxy groups -OCH3 is 1. The SMILES string of the molecule is C=CC(=C\N)/C(C)=N/C(OC)=C(\C(=C)F)C(F)(F)F. The zero-order valence-electron chi connectivity index (χ0n) is 10.5. The lowest BCUT2D eigenvalue weighted by Gasteiger charge is -2.13. The molecule has 0 unspecified atom stereocenters. The van der Waals surface area contributed by atoms with Crippen LogP contribution in [0.15, 0.2) is 53.3 Å². The molecule has 3 nitrogen and oxygen atoms in total. The Morgan fingerprint density at radius 2 is 1.89 bits per heavy atom. The number of ether oxygens (including phenoxy) is 1. The second-order valence-corrected chi connectivity index (χ2v) is 3.31. The Balaban J connectivity index is 5.95. The van der Waals surface area contributed by atoms with E-state index in [1.54, 1.807) is 0 Å². The third-order valence-electron chi connectivity index (χ3n) is 2.05. The first-order chi connectivity index (χ1) is 8.68. The summed E-state index contributed by atoms with van der Waals surface area (Å²) in [6.07, 6.45) is -2.57. The second kappa shape index (κ2) is 6.77. The van der Waals surface area contributed by atoms with Crippen LogP contribution in [0.5, 0.6) is 0 Å². The molecule has 0 aromatic carbocycles. The van der Waals surface area contributed by atoms with Gasteiger partial charge in [0.2, 0.25) is 5.88 Å². The fourth-order valence-corrected chi connectivity index (χ4v) is 1.15. The van der Waals surface area contributed by atoms with Crippen LogP contribution in [0.25, 0.3) is 0 Å². The summed E-state index contributed by atoms with van der Waals surface area (Å²) in [5.74, 6) is -2.61. The van der Waals surface area contributed by atoms with Crippen molar-refractivity contribution in [3.05, 3.63) is 48.3 Å². The zero-order chi connectivity index (χ0) is 15.2. The first-order valence-electron chi connectivity index (χ1n) is 4.99. The van der Waals surface area contributed by atoms with E-state index < -0.39 is 23.5 Å². The van der Waals surface area contributed by atoms with Gasteiger partial charge in [0.05, 0.1) is 7.11 Å². The molecule has 0 aromatic rings. The minimum Gasteiger partial charge on any atom is -0.480 e. The van der Waals surface area contributed by atoms with Crippen molar-refractivity contribution in [2.45, 2.75) is 13.1 Å². The molecule has 0 aliphatic carbocycles. The quantitative estimate of drug-likeness (QED) is 0.363. The lowest BCUT2D eigenvalue weighted by molar-refractivity contribution is -0.0943. The lowest BCUT2D eigenvalue weighted by atomic mass is 10.2. The maximum Gasteiger partial charge on any atom is 0.424 e. The molecule has 0 heterocycles. The van der Waals surface area contributed by atoms with E-state index in [2.05, 4.69) is 22.9 Å². The monoisotopic (exact) mass is 278 g/mol. The molecule has 0 aliphatic heterocycles. The largest absolute Gasteiger partial charge is 0.480 e. The van der Waals surface area contributed by atoms with E-state index in [0.717, 1.165) is 13.3 Å². The van der Waals surface area contributed by atoms with Crippen LogP contribution in [0.2, 0.25) is 0 Å². The normalized spacial score (nSPS) is 14.8. The summed E-state index contributed by atoms with van der Waals surface area (Å²) in [4.78, 5) is 3.56. The van der Waals surface area contributed by atoms with Crippen molar-refractivity contribution in [3.8, 4) is 0 Å². The van der Waals surface area contributed by atoms with Gasteiger partial charge in [0.1, 0.15) is 5.83 Å². The van der Waals surface area contributed by atoms with Crippen molar-refractivity contribution in [1.82, 2.24) is 0 Å². The Bertz CT molecular complexity index is 459. The van der Waals surface area contributed by atoms with Gasteiger partial charge in [-0.05, 0) is 6.92 Å². The molecule has 0 saturated carbocycles. The van der Waals surface area contributed by atoms with Gasteiger partial charge in [-0.3, -0.25) is 0 Å². The minimum absolute atomic E-state index is 0.0948. The summed E-state index contributed by atoms with van der Waals surface area (Å²) in [6, 6.07) is 0. The van der Waals surface area contributed by atoms with Crippen LogP contribution in [0.4, 0.5) is 17.6 Å². The number of hydrogen-bond donors (Lipinski definition) is 1. The van der Waals surface area contributed by atoms with Gasteiger partial charge in [-0.15, -0.1) is 0 Å². The highest BCUT2D eigenvalue weighted by Crippen LogP contribution is 2.34. The van der Waals surface area contributed by atoms with Crippen LogP contribution < -0.4 is 5.73 Å². The Kier molecular flexibility index (Phi) is 6.04. The summed E-state index contributed by atoms with van der Waals surface area (Å²) in [6.45, 7) is 7.43. The van der Waals surface area contributed by atoms with Gasteiger partial charge in [0, 0.05) is 17.5 Å². The third-order valence-corrected chi connectivity index (χ3v) is 2.05. The number of halogens is 4. The third kappa shape index (κ3) is 4.61. The van der Waals surface area contributed by atoms with Crippen molar-refractivity contribution in [2.75, 3.05) is 7.11 Å². The standard InChI is InChI=1S/C12H14F4N2O/c1-5-9(6-17)8(3)18-11(19-4)10(7(2)13)12(14,15)16/h5-6H,1-2,17H2,3-4H3/b9-6+,11-10-,18-8+. The van der Waals surface area contributed by atoms with Crippen molar-refractivity contribution in [2.24, 2.45) is 10.7 Å². The first kappa shape index (κ1) is 16.9. The van der Waals surface area contributed by atoms with Crippen LogP contribution in [-0.2, 0) is 4.74 Å². The Morgan fingerprint density at radius 3 is 2.16 bits per heavy atom. The average molecular weight is 278 g/mol. The average Bonchev–Trinajstić information content (AvgIpc) is 2.27. The van der Waals surface area contributed by atoms with Crippen LogP contribution in [0, 0.1) is 0 Å². The van der Waals surface area contributed by atoms with Crippen molar-refractivity contribution < 1.29 is 22.3 Å². The number of hydrogen-bond acceptors (Lipinski definition) is 3. The molecule has 0 bridgehead atoms. The molecular formula is C12H14F4N2O. The van der Waals surface area contributed by atoms with E-state index in [-0.39, 0.29) is 5.71 Å². The van der Waals surface area contributed by atoms with Crippen molar-refractivity contribution in [3.63, 3.8) is 0 Å². The van der Waals surface area contributed by atoms with Gasteiger partial charge in [-0.25, -0.2) is 9.38 Å². The van der Waals surface area contributed by atoms with E-state index in [1.807, 2.05) is 0 Å². The molecule has 0 radical (unpaired) electrons. The number of alkyl halides is 3. The van der Waals surface area contributed by atoms with E-state index in [9.17, 15) is 17.6 Å². The Hall–Kier alpha value is -2.05. The molecule has 0 amide bonds. The summed E-state index contributed by atoms with van der Waals surface area (Å²) in [7, 11) is 0.945. The van der Waals surface area contributed by atoms with Crippen molar-refractivity contribution >= 4 is 5.71 Å². The molecule has 19 heavy (non-hydrogen) atoms. The van der Waals surface area contributed by atoms with Crippen LogP contribution in [-0.4, -0.2) is 19.0 Å². The van der Waals surface area contributed by atoms with Crippen molar-refractivity contribution in [1.29, 1.82) is 0 Å². The van der Waals surface area contributed by atoms with Crippen LogP contribution in [0.1, 0.15) is 6.92 Å². The highest BCUT2D eigenvalue weighted by molar-refractivity contribution is 6.01. The molecule has 7 heteroatoms. The van der Waals surface area contributed by atoms with Gasteiger partial charge < -0.3 is 10.5 Å². The van der Waals surface area contributed by atoms with Gasteiger partial charge in [-0.1, -0.05) is 19.2 Å². The van der Waals surface area contributed by atoms with Gasteiger partial charge >= 0.3 is 6.18 Å². The molecule has 0 atom stereocenters. The zero-order valence-corrected chi connectivity index (χ0v) is 10.5. The lowest BCUT2D eigenvalue weighted by Crippen LogP contribution is -2.16. The fraction of sp³-hybridized carbons (Fsp3) is 0.250. The topological polar surface area (TPSA) is 47.6 Å². The van der Waals surface area contributed by atoms with E-state index in [4.69, 9.17) is 5.73 Å². The number of rotatable bonds is 5. The summed E-state index contributed by atoms with van der Waals surface area (Å²) >= 11 is 0. The predicted molar refractivity (Wildman–Crippen MR) is 65.9 cm³/mol. The fourth-order valence-electron chi connectivity index (χ4n) is 1.15. The van der Waals surface area contributed by atoms with E-state index in [1.165, 1.54) is 13.0 Å². The molecule has 2 N–H and O–H groups in total. The molecule has 0 spiro atoms. The Morgan fingerprint density at radius 1 is 1.37 bits per heavy atom.